The molecule has 0 aliphatic carbocycles. The molecule has 0 radical (unpaired) electrons. The normalized spacial score (nSPS) is 11.6. The molecule has 0 saturated carbocycles. The van der Waals surface area contributed by atoms with Crippen LogP contribution < -0.4 is 0 Å². The number of rotatable bonds is 1. The van der Waals surface area contributed by atoms with Crippen LogP contribution in [0.1, 0.15) is 11.3 Å². The number of hydrogen-bond acceptors (Lipinski definition) is 3. The second-order valence-corrected chi connectivity index (χ2v) is 4.61. The van der Waals surface area contributed by atoms with Crippen molar-refractivity contribution in [2.24, 2.45) is 0 Å². The number of aliphatic hydroxyl groups is 1. The van der Waals surface area contributed by atoms with Crippen LogP contribution in [0, 0.1) is 6.92 Å². The first-order valence-electron chi connectivity index (χ1n) is 4.76. The standard InChI is InChI=1S/C11H10N2OS/c1-7-2-3-9-10(4-7)15-11-12-5-8(6-14)13(9)11/h2-5,14H,6H2,1H3. The zero-order valence-corrected chi connectivity index (χ0v) is 9.08. The van der Waals surface area contributed by atoms with Crippen LogP contribution in [0.15, 0.2) is 24.4 Å². The number of aryl methyl sites for hydroxylation is 1. The van der Waals surface area contributed by atoms with E-state index in [9.17, 15) is 5.11 Å². The van der Waals surface area contributed by atoms with E-state index in [1.807, 2.05) is 4.40 Å². The van der Waals surface area contributed by atoms with Gasteiger partial charge in [0.15, 0.2) is 4.96 Å². The van der Waals surface area contributed by atoms with Crippen molar-refractivity contribution in [3.05, 3.63) is 35.7 Å². The van der Waals surface area contributed by atoms with Gasteiger partial charge in [-0.1, -0.05) is 17.4 Å². The number of nitrogens with zero attached hydrogens (tertiary/aromatic N) is 2. The average molecular weight is 218 g/mol. The maximum Gasteiger partial charge on any atom is 0.194 e. The molecule has 2 aromatic heterocycles. The van der Waals surface area contributed by atoms with Gasteiger partial charge in [-0.3, -0.25) is 4.40 Å². The predicted molar refractivity (Wildman–Crippen MR) is 61.2 cm³/mol. The lowest BCUT2D eigenvalue weighted by atomic mass is 10.2. The third-order valence-electron chi connectivity index (χ3n) is 2.52. The summed E-state index contributed by atoms with van der Waals surface area (Å²) < 4.78 is 3.23. The molecule has 0 spiro atoms. The van der Waals surface area contributed by atoms with Crippen molar-refractivity contribution < 1.29 is 5.11 Å². The Balaban J connectivity index is 2.49. The molecule has 0 atom stereocenters. The Kier molecular flexibility index (Phi) is 1.81. The SMILES string of the molecule is Cc1ccc2c(c1)sc1ncc(CO)n12. The fourth-order valence-electron chi connectivity index (χ4n) is 1.80. The van der Waals surface area contributed by atoms with E-state index < -0.39 is 0 Å². The molecular weight excluding hydrogens is 208 g/mol. The van der Waals surface area contributed by atoms with E-state index in [1.165, 1.54) is 10.3 Å². The first kappa shape index (κ1) is 8.88. The number of aromatic nitrogens is 2. The highest BCUT2D eigenvalue weighted by atomic mass is 32.1. The van der Waals surface area contributed by atoms with Gasteiger partial charge in [-0.05, 0) is 24.6 Å². The van der Waals surface area contributed by atoms with E-state index in [4.69, 9.17) is 0 Å². The maximum absolute atomic E-state index is 9.20. The Morgan fingerprint density at radius 3 is 3.13 bits per heavy atom. The van der Waals surface area contributed by atoms with E-state index in [0.717, 1.165) is 16.2 Å². The molecule has 4 heteroatoms. The van der Waals surface area contributed by atoms with Crippen molar-refractivity contribution in [1.82, 2.24) is 9.38 Å². The largest absolute Gasteiger partial charge is 0.390 e. The zero-order chi connectivity index (χ0) is 10.4. The fourth-order valence-corrected chi connectivity index (χ4v) is 2.91. The molecule has 76 valence electrons. The number of benzene rings is 1. The molecule has 3 nitrogen and oxygen atoms in total. The minimum atomic E-state index is 0.0286. The Hall–Kier alpha value is -1.39. The molecule has 3 aromatic rings. The Morgan fingerprint density at radius 2 is 2.33 bits per heavy atom. The first-order valence-corrected chi connectivity index (χ1v) is 5.57. The zero-order valence-electron chi connectivity index (χ0n) is 8.27. The fraction of sp³-hybridized carbons (Fsp3) is 0.182. The molecule has 0 bridgehead atoms. The molecule has 0 aliphatic heterocycles. The van der Waals surface area contributed by atoms with E-state index in [1.54, 1.807) is 17.5 Å². The van der Waals surface area contributed by atoms with Crippen LogP contribution in [0.25, 0.3) is 15.2 Å². The summed E-state index contributed by atoms with van der Waals surface area (Å²) in [5.41, 5.74) is 3.22. The summed E-state index contributed by atoms with van der Waals surface area (Å²) in [5.74, 6) is 0. The van der Waals surface area contributed by atoms with Crippen LogP contribution in [0.2, 0.25) is 0 Å². The molecule has 1 aromatic carbocycles. The van der Waals surface area contributed by atoms with Crippen molar-refractivity contribution in [3.8, 4) is 0 Å². The minimum Gasteiger partial charge on any atom is -0.390 e. The molecule has 15 heavy (non-hydrogen) atoms. The third-order valence-corrected chi connectivity index (χ3v) is 3.54. The molecule has 1 N–H and O–H groups in total. The summed E-state index contributed by atoms with van der Waals surface area (Å²) in [6, 6.07) is 6.31. The van der Waals surface area contributed by atoms with Gasteiger partial charge in [0.1, 0.15) is 0 Å². The van der Waals surface area contributed by atoms with E-state index in [-0.39, 0.29) is 6.61 Å². The quantitative estimate of drug-likeness (QED) is 0.680. The highest BCUT2D eigenvalue weighted by Gasteiger charge is 2.09. The van der Waals surface area contributed by atoms with Crippen LogP contribution in [0.3, 0.4) is 0 Å². The van der Waals surface area contributed by atoms with E-state index in [0.29, 0.717) is 0 Å². The molecule has 2 heterocycles. The summed E-state index contributed by atoms with van der Waals surface area (Å²) in [6.45, 7) is 2.11. The Labute approximate surface area is 90.6 Å². The van der Waals surface area contributed by atoms with Crippen LogP contribution in [-0.4, -0.2) is 14.5 Å². The molecule has 0 aliphatic rings. The van der Waals surface area contributed by atoms with Gasteiger partial charge in [0.05, 0.1) is 28.7 Å². The van der Waals surface area contributed by atoms with Crippen LogP contribution in [-0.2, 0) is 6.61 Å². The minimum absolute atomic E-state index is 0.0286. The average Bonchev–Trinajstić information content (AvgIpc) is 2.74. The number of hydrogen-bond donors (Lipinski definition) is 1. The molecule has 0 amide bonds. The van der Waals surface area contributed by atoms with Crippen LogP contribution in [0.4, 0.5) is 0 Å². The maximum atomic E-state index is 9.20. The Morgan fingerprint density at radius 1 is 1.47 bits per heavy atom. The molecule has 0 fully saturated rings. The number of thiazole rings is 1. The van der Waals surface area contributed by atoms with Gasteiger partial charge in [0, 0.05) is 0 Å². The smallest absolute Gasteiger partial charge is 0.194 e. The molecule has 0 unspecified atom stereocenters. The second-order valence-electron chi connectivity index (χ2n) is 3.60. The summed E-state index contributed by atoms with van der Waals surface area (Å²) in [6.07, 6.45) is 1.73. The van der Waals surface area contributed by atoms with Gasteiger partial charge in [-0.15, -0.1) is 0 Å². The van der Waals surface area contributed by atoms with Gasteiger partial charge in [-0.25, -0.2) is 4.98 Å². The molecule has 0 saturated heterocycles. The molecule has 3 rings (SSSR count). The Bertz CT molecular complexity index is 638. The predicted octanol–water partition coefficient (Wildman–Crippen LogP) is 2.35. The highest BCUT2D eigenvalue weighted by Crippen LogP contribution is 2.27. The summed E-state index contributed by atoms with van der Waals surface area (Å²) in [7, 11) is 0. The van der Waals surface area contributed by atoms with Gasteiger partial charge in [0.2, 0.25) is 0 Å². The summed E-state index contributed by atoms with van der Waals surface area (Å²) in [4.78, 5) is 5.22. The van der Waals surface area contributed by atoms with Crippen molar-refractivity contribution in [2.45, 2.75) is 13.5 Å². The lowest BCUT2D eigenvalue weighted by Crippen LogP contribution is -1.89. The van der Waals surface area contributed by atoms with Gasteiger partial charge in [-0.2, -0.15) is 0 Å². The lowest BCUT2D eigenvalue weighted by molar-refractivity contribution is 0.276. The van der Waals surface area contributed by atoms with Crippen molar-refractivity contribution in [2.75, 3.05) is 0 Å². The van der Waals surface area contributed by atoms with Crippen molar-refractivity contribution in [3.63, 3.8) is 0 Å². The number of fused-ring (bicyclic) bond motifs is 3. The van der Waals surface area contributed by atoms with Crippen LogP contribution in [0.5, 0.6) is 0 Å². The van der Waals surface area contributed by atoms with Crippen LogP contribution >= 0.6 is 11.3 Å². The number of imidazole rings is 1. The summed E-state index contributed by atoms with van der Waals surface area (Å²) >= 11 is 1.65. The second kappa shape index (κ2) is 3.05. The lowest BCUT2D eigenvalue weighted by Gasteiger charge is -1.96. The topological polar surface area (TPSA) is 37.5 Å². The van der Waals surface area contributed by atoms with Gasteiger partial charge in [0.25, 0.3) is 0 Å². The van der Waals surface area contributed by atoms with Gasteiger partial charge >= 0.3 is 0 Å². The third kappa shape index (κ3) is 1.19. The van der Waals surface area contributed by atoms with Gasteiger partial charge < -0.3 is 5.11 Å². The highest BCUT2D eigenvalue weighted by molar-refractivity contribution is 7.23. The van der Waals surface area contributed by atoms with E-state index in [2.05, 4.69) is 30.1 Å². The molecular formula is C11H10N2OS. The van der Waals surface area contributed by atoms with E-state index >= 15 is 0 Å². The monoisotopic (exact) mass is 218 g/mol. The van der Waals surface area contributed by atoms with Crippen molar-refractivity contribution >= 4 is 26.5 Å². The van der Waals surface area contributed by atoms with Crippen molar-refractivity contribution in [1.29, 1.82) is 0 Å². The first-order chi connectivity index (χ1) is 7.29. The summed E-state index contributed by atoms with van der Waals surface area (Å²) in [5, 5.41) is 9.20. The number of aliphatic hydroxyl groups excluding tert-OH is 1.